The van der Waals surface area contributed by atoms with Gasteiger partial charge in [0, 0.05) is 37.1 Å². The van der Waals surface area contributed by atoms with Crippen LogP contribution in [0.4, 0.5) is 0 Å². The van der Waals surface area contributed by atoms with Crippen LogP contribution in [0.1, 0.15) is 46.5 Å². The average Bonchev–Trinajstić information content (AvgIpc) is 3.05. The van der Waals surface area contributed by atoms with E-state index in [1.807, 2.05) is 26.8 Å². The summed E-state index contributed by atoms with van der Waals surface area (Å²) in [4.78, 5) is 38.1. The molecule has 0 spiro atoms. The molecule has 138 valence electrons. The van der Waals surface area contributed by atoms with Gasteiger partial charge in [0.15, 0.2) is 0 Å². The van der Waals surface area contributed by atoms with Crippen LogP contribution in [-0.4, -0.2) is 30.0 Å². The van der Waals surface area contributed by atoms with Crippen molar-refractivity contribution in [1.29, 1.82) is 0 Å². The SMILES string of the molecule is Cc1cc(Cc2sc3c(c2C(=O)O)c(=O)n(C)c(=O)n3C(C)C)n(C)n1. The van der Waals surface area contributed by atoms with Gasteiger partial charge < -0.3 is 5.11 Å². The lowest BCUT2D eigenvalue weighted by atomic mass is 10.1. The largest absolute Gasteiger partial charge is 0.478 e. The summed E-state index contributed by atoms with van der Waals surface area (Å²) in [6.45, 7) is 5.52. The molecule has 3 aromatic heterocycles. The quantitative estimate of drug-likeness (QED) is 0.747. The van der Waals surface area contributed by atoms with E-state index >= 15 is 0 Å². The molecule has 0 atom stereocenters. The number of thiophene rings is 1. The van der Waals surface area contributed by atoms with Crippen molar-refractivity contribution in [2.24, 2.45) is 14.1 Å². The van der Waals surface area contributed by atoms with Crippen LogP contribution in [0.25, 0.3) is 10.2 Å². The lowest BCUT2D eigenvalue weighted by molar-refractivity contribution is 0.0698. The summed E-state index contributed by atoms with van der Waals surface area (Å²) in [6.07, 6.45) is 0.327. The fourth-order valence-electron chi connectivity index (χ4n) is 3.14. The Hall–Kier alpha value is -2.68. The van der Waals surface area contributed by atoms with Crippen molar-refractivity contribution in [1.82, 2.24) is 18.9 Å². The van der Waals surface area contributed by atoms with E-state index in [1.54, 1.807) is 11.7 Å². The number of aryl methyl sites for hydroxylation is 2. The van der Waals surface area contributed by atoms with Crippen molar-refractivity contribution < 1.29 is 9.90 Å². The molecule has 0 aliphatic carbocycles. The molecule has 3 heterocycles. The van der Waals surface area contributed by atoms with Crippen LogP contribution >= 0.6 is 11.3 Å². The molecule has 0 saturated heterocycles. The Morgan fingerprint density at radius 2 is 1.96 bits per heavy atom. The highest BCUT2D eigenvalue weighted by molar-refractivity contribution is 7.19. The number of hydrogen-bond donors (Lipinski definition) is 1. The van der Waals surface area contributed by atoms with Crippen molar-refractivity contribution >= 4 is 27.5 Å². The third-order valence-corrected chi connectivity index (χ3v) is 5.55. The van der Waals surface area contributed by atoms with Crippen LogP contribution in [0.15, 0.2) is 15.7 Å². The Balaban J connectivity index is 2.40. The van der Waals surface area contributed by atoms with E-state index in [4.69, 9.17) is 0 Å². The molecule has 0 fully saturated rings. The molecule has 0 aliphatic rings. The molecule has 0 aromatic carbocycles. The molecule has 3 rings (SSSR count). The Kier molecular flexibility index (Phi) is 4.35. The van der Waals surface area contributed by atoms with E-state index in [1.165, 1.54) is 23.0 Å². The van der Waals surface area contributed by atoms with Gasteiger partial charge in [-0.25, -0.2) is 9.59 Å². The lowest BCUT2D eigenvalue weighted by Gasteiger charge is -2.12. The van der Waals surface area contributed by atoms with Crippen molar-refractivity contribution in [3.63, 3.8) is 0 Å². The van der Waals surface area contributed by atoms with Gasteiger partial charge >= 0.3 is 11.7 Å². The van der Waals surface area contributed by atoms with Gasteiger partial charge in [0.2, 0.25) is 0 Å². The summed E-state index contributed by atoms with van der Waals surface area (Å²) in [7, 11) is 3.16. The third-order valence-electron chi connectivity index (χ3n) is 4.36. The molecule has 1 N–H and O–H groups in total. The highest BCUT2D eigenvalue weighted by Gasteiger charge is 2.26. The summed E-state index contributed by atoms with van der Waals surface area (Å²) >= 11 is 1.18. The first-order valence-electron chi connectivity index (χ1n) is 8.13. The van der Waals surface area contributed by atoms with Crippen molar-refractivity contribution in [2.75, 3.05) is 0 Å². The second kappa shape index (κ2) is 6.24. The van der Waals surface area contributed by atoms with E-state index < -0.39 is 17.2 Å². The number of aromatic nitrogens is 4. The molecule has 0 unspecified atom stereocenters. The zero-order valence-electron chi connectivity index (χ0n) is 15.2. The van der Waals surface area contributed by atoms with Crippen molar-refractivity contribution in [3.05, 3.63) is 48.7 Å². The first kappa shape index (κ1) is 18.1. The number of rotatable bonds is 4. The molecule has 26 heavy (non-hydrogen) atoms. The molecular weight excluding hydrogens is 356 g/mol. The monoisotopic (exact) mass is 376 g/mol. The van der Waals surface area contributed by atoms with Crippen LogP contribution in [-0.2, 0) is 20.5 Å². The Morgan fingerprint density at radius 1 is 1.31 bits per heavy atom. The average molecular weight is 376 g/mol. The van der Waals surface area contributed by atoms with E-state index in [-0.39, 0.29) is 17.0 Å². The first-order valence-corrected chi connectivity index (χ1v) is 8.94. The van der Waals surface area contributed by atoms with Gasteiger partial charge in [-0.2, -0.15) is 5.10 Å². The Bertz CT molecular complexity index is 1150. The van der Waals surface area contributed by atoms with E-state index in [9.17, 15) is 19.5 Å². The fraction of sp³-hybridized carbons (Fsp3) is 0.412. The number of hydrogen-bond acceptors (Lipinski definition) is 5. The molecule has 8 nitrogen and oxygen atoms in total. The van der Waals surface area contributed by atoms with Gasteiger partial charge in [0.25, 0.3) is 5.56 Å². The molecule has 0 radical (unpaired) electrons. The van der Waals surface area contributed by atoms with E-state index in [2.05, 4.69) is 5.10 Å². The topological polar surface area (TPSA) is 99.1 Å². The maximum absolute atomic E-state index is 12.7. The second-order valence-electron chi connectivity index (χ2n) is 6.57. The van der Waals surface area contributed by atoms with Gasteiger partial charge in [-0.15, -0.1) is 11.3 Å². The number of nitrogens with zero attached hydrogens (tertiary/aromatic N) is 4. The van der Waals surface area contributed by atoms with Gasteiger partial charge in [-0.1, -0.05) is 0 Å². The third kappa shape index (κ3) is 2.68. The predicted molar refractivity (Wildman–Crippen MR) is 99.4 cm³/mol. The van der Waals surface area contributed by atoms with Crippen LogP contribution in [0.3, 0.4) is 0 Å². The molecule has 0 bridgehead atoms. The molecule has 0 aliphatic heterocycles. The summed E-state index contributed by atoms with van der Waals surface area (Å²) < 4.78 is 4.14. The maximum atomic E-state index is 12.7. The molecule has 0 amide bonds. The van der Waals surface area contributed by atoms with E-state index in [0.29, 0.717) is 16.1 Å². The number of carboxylic acid groups (broad SMARTS) is 1. The highest BCUT2D eigenvalue weighted by atomic mass is 32.1. The van der Waals surface area contributed by atoms with Crippen LogP contribution < -0.4 is 11.2 Å². The standard InChI is InChI=1S/C17H20N4O4S/c1-8(2)21-15-13(14(22)19(4)17(21)25)12(16(23)24)11(26-15)7-10-6-9(3)18-20(10)5/h6,8H,7H2,1-5H3,(H,23,24). The molecule has 3 aromatic rings. The summed E-state index contributed by atoms with van der Waals surface area (Å²) in [5, 5.41) is 14.1. The molecular formula is C17H20N4O4S. The van der Waals surface area contributed by atoms with E-state index in [0.717, 1.165) is 16.0 Å². The van der Waals surface area contributed by atoms with Gasteiger partial charge in [-0.3, -0.25) is 18.6 Å². The zero-order chi connectivity index (χ0) is 19.3. The fourth-order valence-corrected chi connectivity index (χ4v) is 4.56. The number of carbonyl (C=O) groups is 1. The normalized spacial score (nSPS) is 11.6. The summed E-state index contributed by atoms with van der Waals surface area (Å²) in [5.41, 5.74) is 0.614. The summed E-state index contributed by atoms with van der Waals surface area (Å²) in [6, 6.07) is 1.67. The zero-order valence-corrected chi connectivity index (χ0v) is 16.0. The second-order valence-corrected chi connectivity index (χ2v) is 7.66. The van der Waals surface area contributed by atoms with Gasteiger partial charge in [0.05, 0.1) is 16.6 Å². The maximum Gasteiger partial charge on any atom is 0.337 e. The minimum atomic E-state index is -1.17. The highest BCUT2D eigenvalue weighted by Crippen LogP contribution is 2.31. The molecule has 9 heteroatoms. The smallest absolute Gasteiger partial charge is 0.337 e. The number of aromatic carboxylic acids is 1. The Morgan fingerprint density at radius 3 is 2.46 bits per heavy atom. The molecule has 0 saturated carbocycles. The van der Waals surface area contributed by atoms with Crippen LogP contribution in [0.2, 0.25) is 0 Å². The minimum Gasteiger partial charge on any atom is -0.478 e. The number of carboxylic acids is 1. The van der Waals surface area contributed by atoms with Gasteiger partial charge in [-0.05, 0) is 26.8 Å². The predicted octanol–water partition coefficient (Wildman–Crippen LogP) is 1.67. The summed E-state index contributed by atoms with van der Waals surface area (Å²) in [5.74, 6) is -1.17. The lowest BCUT2D eigenvalue weighted by Crippen LogP contribution is -2.38. The van der Waals surface area contributed by atoms with Crippen LogP contribution in [0, 0.1) is 6.92 Å². The number of fused-ring (bicyclic) bond motifs is 1. The van der Waals surface area contributed by atoms with Crippen molar-refractivity contribution in [3.8, 4) is 0 Å². The van der Waals surface area contributed by atoms with Crippen molar-refractivity contribution in [2.45, 2.75) is 33.2 Å². The Labute approximate surface area is 152 Å². The van der Waals surface area contributed by atoms with Crippen LogP contribution in [0.5, 0.6) is 0 Å². The minimum absolute atomic E-state index is 0.0288. The van der Waals surface area contributed by atoms with Gasteiger partial charge in [0.1, 0.15) is 4.83 Å². The first-order chi connectivity index (χ1) is 12.1.